The van der Waals surface area contributed by atoms with Crippen LogP contribution in [0.2, 0.25) is 0 Å². The van der Waals surface area contributed by atoms with Crippen LogP contribution in [0.3, 0.4) is 0 Å². The summed E-state index contributed by atoms with van der Waals surface area (Å²) in [6.45, 7) is 4.03. The molecule has 0 unspecified atom stereocenters. The highest BCUT2D eigenvalue weighted by molar-refractivity contribution is 7.13. The van der Waals surface area contributed by atoms with E-state index in [0.29, 0.717) is 10.7 Å². The van der Waals surface area contributed by atoms with Gasteiger partial charge in [-0.3, -0.25) is 4.79 Å². The first-order valence-electron chi connectivity index (χ1n) is 7.23. The zero-order valence-electron chi connectivity index (χ0n) is 13.0. The van der Waals surface area contributed by atoms with E-state index in [2.05, 4.69) is 10.3 Å². The Hall–Kier alpha value is -2.66. The van der Waals surface area contributed by atoms with Crippen LogP contribution in [0.25, 0.3) is 11.3 Å². The van der Waals surface area contributed by atoms with Gasteiger partial charge in [0.25, 0.3) is 5.91 Å². The van der Waals surface area contributed by atoms with Crippen molar-refractivity contribution in [1.29, 1.82) is 0 Å². The van der Waals surface area contributed by atoms with Gasteiger partial charge in [-0.05, 0) is 49.2 Å². The van der Waals surface area contributed by atoms with Gasteiger partial charge in [0.15, 0.2) is 5.13 Å². The first kappa shape index (κ1) is 15.2. The van der Waals surface area contributed by atoms with Crippen LogP contribution in [0, 0.1) is 13.8 Å². The first-order chi connectivity index (χ1) is 11.0. The molecule has 3 rings (SSSR count). The second-order valence-electron chi connectivity index (χ2n) is 5.40. The van der Waals surface area contributed by atoms with Crippen molar-refractivity contribution in [3.63, 3.8) is 0 Å². The maximum absolute atomic E-state index is 12.3. The van der Waals surface area contributed by atoms with Crippen molar-refractivity contribution >= 4 is 28.1 Å². The lowest BCUT2D eigenvalue weighted by atomic mass is 10.1. The number of carbonyl (C=O) groups is 1. The molecule has 1 heterocycles. The molecule has 0 spiro atoms. The van der Waals surface area contributed by atoms with Gasteiger partial charge in [0.2, 0.25) is 0 Å². The van der Waals surface area contributed by atoms with Crippen LogP contribution in [-0.2, 0) is 0 Å². The number of thiazole rings is 1. The van der Waals surface area contributed by atoms with E-state index in [1.807, 2.05) is 61.7 Å². The molecular formula is C18H17N3OS. The smallest absolute Gasteiger partial charge is 0.255 e. The van der Waals surface area contributed by atoms with Crippen molar-refractivity contribution in [3.05, 3.63) is 64.5 Å². The number of nitrogens with zero attached hydrogens (tertiary/aromatic N) is 1. The molecule has 23 heavy (non-hydrogen) atoms. The van der Waals surface area contributed by atoms with E-state index in [-0.39, 0.29) is 5.91 Å². The van der Waals surface area contributed by atoms with Gasteiger partial charge in [0, 0.05) is 22.2 Å². The first-order valence-corrected chi connectivity index (χ1v) is 8.11. The van der Waals surface area contributed by atoms with Gasteiger partial charge < -0.3 is 11.1 Å². The highest BCUT2D eigenvalue weighted by Gasteiger charge is 2.08. The second-order valence-corrected chi connectivity index (χ2v) is 6.29. The topological polar surface area (TPSA) is 68.0 Å². The maximum Gasteiger partial charge on any atom is 0.255 e. The summed E-state index contributed by atoms with van der Waals surface area (Å²) in [4.78, 5) is 16.5. The molecule has 0 fully saturated rings. The summed E-state index contributed by atoms with van der Waals surface area (Å²) in [5.41, 5.74) is 11.2. The third-order valence-electron chi connectivity index (χ3n) is 3.73. The van der Waals surface area contributed by atoms with Gasteiger partial charge >= 0.3 is 0 Å². The predicted molar refractivity (Wildman–Crippen MR) is 95.8 cm³/mol. The van der Waals surface area contributed by atoms with Crippen LogP contribution in [-0.4, -0.2) is 10.9 Å². The van der Waals surface area contributed by atoms with Crippen molar-refractivity contribution < 1.29 is 4.79 Å². The van der Waals surface area contributed by atoms with E-state index in [9.17, 15) is 4.79 Å². The Morgan fingerprint density at radius 3 is 2.43 bits per heavy atom. The Morgan fingerprint density at radius 1 is 1.09 bits per heavy atom. The molecule has 3 aromatic rings. The zero-order valence-corrected chi connectivity index (χ0v) is 13.8. The van der Waals surface area contributed by atoms with Crippen LogP contribution in [0.1, 0.15) is 21.5 Å². The standard InChI is InChI=1S/C18H17N3OS/c1-11-3-4-14(9-12(11)2)17(22)20-15-7-5-13(6-8-15)16-10-23-18(19)21-16/h3-10H,1-2H3,(H2,19,21)(H,20,22). The summed E-state index contributed by atoms with van der Waals surface area (Å²) in [7, 11) is 0. The number of benzene rings is 2. The number of rotatable bonds is 3. The summed E-state index contributed by atoms with van der Waals surface area (Å²) in [6, 6.07) is 13.3. The Kier molecular flexibility index (Phi) is 4.12. The molecule has 116 valence electrons. The molecule has 0 aliphatic carbocycles. The van der Waals surface area contributed by atoms with Gasteiger partial charge in [-0.25, -0.2) is 4.98 Å². The molecule has 0 radical (unpaired) electrons. The molecular weight excluding hydrogens is 306 g/mol. The average molecular weight is 323 g/mol. The van der Waals surface area contributed by atoms with Crippen molar-refractivity contribution in [1.82, 2.24) is 4.98 Å². The molecule has 4 nitrogen and oxygen atoms in total. The van der Waals surface area contributed by atoms with Crippen molar-refractivity contribution in [2.24, 2.45) is 0 Å². The van der Waals surface area contributed by atoms with Crippen LogP contribution in [0.15, 0.2) is 47.8 Å². The molecule has 1 amide bonds. The fraction of sp³-hybridized carbons (Fsp3) is 0.111. The van der Waals surface area contributed by atoms with E-state index in [1.165, 1.54) is 16.9 Å². The zero-order chi connectivity index (χ0) is 16.4. The number of nitrogens with two attached hydrogens (primary N) is 1. The normalized spacial score (nSPS) is 10.5. The third-order valence-corrected chi connectivity index (χ3v) is 4.40. The highest BCUT2D eigenvalue weighted by atomic mass is 32.1. The lowest BCUT2D eigenvalue weighted by molar-refractivity contribution is 0.102. The molecule has 0 atom stereocenters. The number of aryl methyl sites for hydroxylation is 2. The largest absolute Gasteiger partial charge is 0.375 e. The van der Waals surface area contributed by atoms with Gasteiger partial charge in [0.05, 0.1) is 5.69 Å². The summed E-state index contributed by atoms with van der Waals surface area (Å²) in [6.07, 6.45) is 0. The fourth-order valence-electron chi connectivity index (χ4n) is 2.23. The molecule has 0 saturated heterocycles. The number of nitrogen functional groups attached to an aromatic ring is 1. The monoisotopic (exact) mass is 323 g/mol. The number of nitrogens with one attached hydrogen (secondary N) is 1. The second kappa shape index (κ2) is 6.22. The van der Waals surface area contributed by atoms with E-state index in [1.54, 1.807) is 0 Å². The number of amides is 1. The quantitative estimate of drug-likeness (QED) is 0.756. The molecule has 0 bridgehead atoms. The lowest BCUT2D eigenvalue weighted by Crippen LogP contribution is -2.12. The summed E-state index contributed by atoms with van der Waals surface area (Å²) < 4.78 is 0. The van der Waals surface area contributed by atoms with Crippen LogP contribution >= 0.6 is 11.3 Å². The maximum atomic E-state index is 12.3. The minimum atomic E-state index is -0.112. The molecule has 1 aromatic heterocycles. The number of carbonyl (C=O) groups excluding carboxylic acids is 1. The van der Waals surface area contributed by atoms with Gasteiger partial charge in [-0.2, -0.15) is 0 Å². The molecule has 0 aliphatic heterocycles. The summed E-state index contributed by atoms with van der Waals surface area (Å²) in [5, 5.41) is 5.37. The van der Waals surface area contributed by atoms with Crippen LogP contribution in [0.4, 0.5) is 10.8 Å². The SMILES string of the molecule is Cc1ccc(C(=O)Nc2ccc(-c3csc(N)n3)cc2)cc1C. The Bertz CT molecular complexity index is 853. The van der Waals surface area contributed by atoms with Crippen LogP contribution < -0.4 is 11.1 Å². The minimum absolute atomic E-state index is 0.112. The van der Waals surface area contributed by atoms with E-state index < -0.39 is 0 Å². The Morgan fingerprint density at radius 2 is 1.83 bits per heavy atom. The van der Waals surface area contributed by atoms with Crippen molar-refractivity contribution in [2.75, 3.05) is 11.1 Å². The van der Waals surface area contributed by atoms with Gasteiger partial charge in [-0.1, -0.05) is 18.2 Å². The van der Waals surface area contributed by atoms with E-state index in [4.69, 9.17) is 5.73 Å². The van der Waals surface area contributed by atoms with Gasteiger partial charge in [-0.15, -0.1) is 11.3 Å². The average Bonchev–Trinajstić information content (AvgIpc) is 2.97. The summed E-state index contributed by atoms with van der Waals surface area (Å²) >= 11 is 1.41. The van der Waals surface area contributed by atoms with E-state index in [0.717, 1.165) is 22.5 Å². The predicted octanol–water partition coefficient (Wildman–Crippen LogP) is 4.26. The molecule has 2 aromatic carbocycles. The molecule has 0 aliphatic rings. The van der Waals surface area contributed by atoms with Crippen LogP contribution in [0.5, 0.6) is 0 Å². The fourth-order valence-corrected chi connectivity index (χ4v) is 2.80. The van der Waals surface area contributed by atoms with Crippen molar-refractivity contribution in [3.8, 4) is 11.3 Å². The Balaban J connectivity index is 1.75. The Labute approximate surface area is 139 Å². The third kappa shape index (κ3) is 3.40. The van der Waals surface area contributed by atoms with Crippen molar-refractivity contribution in [2.45, 2.75) is 13.8 Å². The van der Waals surface area contributed by atoms with E-state index >= 15 is 0 Å². The lowest BCUT2D eigenvalue weighted by Gasteiger charge is -2.08. The van der Waals surface area contributed by atoms with Gasteiger partial charge in [0.1, 0.15) is 0 Å². The molecule has 3 N–H and O–H groups in total. The number of anilines is 2. The molecule has 5 heteroatoms. The minimum Gasteiger partial charge on any atom is -0.375 e. The molecule has 0 saturated carbocycles. The number of aromatic nitrogens is 1. The number of hydrogen-bond acceptors (Lipinski definition) is 4. The summed E-state index contributed by atoms with van der Waals surface area (Å²) in [5.74, 6) is -0.112. The highest BCUT2D eigenvalue weighted by Crippen LogP contribution is 2.24. The number of hydrogen-bond donors (Lipinski definition) is 2.